The molecule has 0 saturated carbocycles. The summed E-state index contributed by atoms with van der Waals surface area (Å²) in [7, 11) is 1.22. The molecule has 0 fully saturated rings. The third kappa shape index (κ3) is 2.12. The molecule has 1 rings (SSSR count). The number of esters is 1. The van der Waals surface area contributed by atoms with Crippen LogP contribution in [-0.2, 0) is 11.3 Å². The first-order valence-corrected chi connectivity index (χ1v) is 4.54. The standard InChI is InChI=1S/C10H9NO3S/c1-14-10(13)8-6(4-11)2-3-7(5-12)9(8)15/h2-3,12,15H,5H2,1H3. The Balaban J connectivity index is 3.44. The number of hydrogen-bond donors (Lipinski definition) is 2. The second-order valence-electron chi connectivity index (χ2n) is 2.76. The number of benzene rings is 1. The van der Waals surface area contributed by atoms with Crippen molar-refractivity contribution in [3.05, 3.63) is 28.8 Å². The smallest absolute Gasteiger partial charge is 0.340 e. The molecule has 0 heterocycles. The largest absolute Gasteiger partial charge is 0.465 e. The molecule has 0 aliphatic heterocycles. The molecule has 4 nitrogen and oxygen atoms in total. The number of ether oxygens (including phenoxy) is 1. The molecule has 1 aromatic rings. The van der Waals surface area contributed by atoms with Gasteiger partial charge in [-0.15, -0.1) is 12.6 Å². The van der Waals surface area contributed by atoms with Crippen LogP contribution in [0.1, 0.15) is 21.5 Å². The fourth-order valence-electron chi connectivity index (χ4n) is 1.16. The Morgan fingerprint density at radius 2 is 2.33 bits per heavy atom. The molecule has 0 spiro atoms. The molecule has 0 saturated heterocycles. The SMILES string of the molecule is COC(=O)c1c(C#N)ccc(CO)c1S. The minimum absolute atomic E-state index is 0.0925. The van der Waals surface area contributed by atoms with Gasteiger partial charge >= 0.3 is 5.97 Å². The van der Waals surface area contributed by atoms with Gasteiger partial charge in [0.25, 0.3) is 0 Å². The van der Waals surface area contributed by atoms with E-state index in [0.717, 1.165) is 0 Å². The van der Waals surface area contributed by atoms with Crippen molar-refractivity contribution in [2.75, 3.05) is 7.11 Å². The Hall–Kier alpha value is -1.51. The number of nitriles is 1. The lowest BCUT2D eigenvalue weighted by atomic mass is 10.0. The quantitative estimate of drug-likeness (QED) is 0.582. The van der Waals surface area contributed by atoms with Crippen LogP contribution < -0.4 is 0 Å². The van der Waals surface area contributed by atoms with Crippen molar-refractivity contribution in [1.82, 2.24) is 0 Å². The summed E-state index contributed by atoms with van der Waals surface area (Å²) in [6, 6.07) is 4.88. The van der Waals surface area contributed by atoms with Crippen LogP contribution in [0.25, 0.3) is 0 Å². The van der Waals surface area contributed by atoms with E-state index in [2.05, 4.69) is 17.4 Å². The highest BCUT2D eigenvalue weighted by Gasteiger charge is 2.17. The fourth-order valence-corrected chi connectivity index (χ4v) is 1.52. The van der Waals surface area contributed by atoms with E-state index < -0.39 is 5.97 Å². The Kier molecular flexibility index (Phi) is 3.72. The molecule has 0 amide bonds. The van der Waals surface area contributed by atoms with Gasteiger partial charge in [0.15, 0.2) is 0 Å². The molecular weight excluding hydrogens is 214 g/mol. The van der Waals surface area contributed by atoms with Crippen LogP contribution in [0.2, 0.25) is 0 Å². The molecule has 0 aliphatic rings. The lowest BCUT2D eigenvalue weighted by Crippen LogP contribution is -2.07. The van der Waals surface area contributed by atoms with Gasteiger partial charge in [-0.3, -0.25) is 0 Å². The summed E-state index contributed by atoms with van der Waals surface area (Å²) in [6.07, 6.45) is 0. The number of rotatable bonds is 2. The summed E-state index contributed by atoms with van der Waals surface area (Å²) in [5, 5.41) is 17.8. The molecule has 1 aromatic carbocycles. The number of carbonyl (C=O) groups is 1. The second-order valence-corrected chi connectivity index (χ2v) is 3.20. The summed E-state index contributed by atoms with van der Waals surface area (Å²) < 4.78 is 4.54. The fraction of sp³-hybridized carbons (Fsp3) is 0.200. The third-order valence-corrected chi connectivity index (χ3v) is 2.45. The van der Waals surface area contributed by atoms with Crippen molar-refractivity contribution in [1.29, 1.82) is 5.26 Å². The average molecular weight is 223 g/mol. The van der Waals surface area contributed by atoms with E-state index in [4.69, 9.17) is 10.4 Å². The van der Waals surface area contributed by atoms with Gasteiger partial charge in [0.1, 0.15) is 6.07 Å². The van der Waals surface area contributed by atoms with Gasteiger partial charge < -0.3 is 9.84 Å². The summed E-state index contributed by atoms with van der Waals surface area (Å²) in [5.41, 5.74) is 0.761. The van der Waals surface area contributed by atoms with Crippen LogP contribution in [0.5, 0.6) is 0 Å². The van der Waals surface area contributed by atoms with Gasteiger partial charge in [0.05, 0.1) is 24.8 Å². The molecule has 0 radical (unpaired) electrons. The van der Waals surface area contributed by atoms with E-state index in [9.17, 15) is 4.79 Å². The number of methoxy groups -OCH3 is 1. The molecule has 78 valence electrons. The first-order chi connectivity index (χ1) is 7.15. The van der Waals surface area contributed by atoms with E-state index in [1.54, 1.807) is 6.07 Å². The first-order valence-electron chi connectivity index (χ1n) is 4.09. The maximum atomic E-state index is 11.4. The summed E-state index contributed by atoms with van der Waals surface area (Å²) >= 11 is 4.10. The highest BCUT2D eigenvalue weighted by molar-refractivity contribution is 7.80. The third-order valence-electron chi connectivity index (χ3n) is 1.94. The van der Waals surface area contributed by atoms with Gasteiger partial charge in [-0.25, -0.2) is 4.79 Å². The van der Waals surface area contributed by atoms with Crippen molar-refractivity contribution in [2.45, 2.75) is 11.5 Å². The van der Waals surface area contributed by atoms with Crippen LogP contribution in [0.15, 0.2) is 17.0 Å². The maximum Gasteiger partial charge on any atom is 0.340 e. The van der Waals surface area contributed by atoms with Crippen LogP contribution in [0, 0.1) is 11.3 Å². The number of aliphatic hydroxyl groups is 1. The summed E-state index contributed by atoms with van der Waals surface area (Å²) in [4.78, 5) is 11.7. The van der Waals surface area contributed by atoms with Crippen LogP contribution in [0.4, 0.5) is 0 Å². The lowest BCUT2D eigenvalue weighted by Gasteiger charge is -2.08. The predicted molar refractivity (Wildman–Crippen MR) is 55.7 cm³/mol. The minimum Gasteiger partial charge on any atom is -0.465 e. The zero-order valence-corrected chi connectivity index (χ0v) is 8.91. The van der Waals surface area contributed by atoms with E-state index in [0.29, 0.717) is 5.56 Å². The van der Waals surface area contributed by atoms with Gasteiger partial charge in [0.2, 0.25) is 0 Å². The Labute approximate surface area is 92.5 Å². The molecule has 0 bridgehead atoms. The predicted octanol–water partition coefficient (Wildman–Crippen LogP) is 1.13. The Bertz CT molecular complexity index is 437. The molecule has 5 heteroatoms. The van der Waals surface area contributed by atoms with E-state index in [1.165, 1.54) is 13.2 Å². The molecule has 0 aliphatic carbocycles. The Morgan fingerprint density at radius 3 is 2.80 bits per heavy atom. The first kappa shape index (κ1) is 11.6. The lowest BCUT2D eigenvalue weighted by molar-refractivity contribution is 0.0596. The van der Waals surface area contributed by atoms with E-state index in [-0.39, 0.29) is 22.6 Å². The van der Waals surface area contributed by atoms with Crippen LogP contribution in [0.3, 0.4) is 0 Å². The second kappa shape index (κ2) is 4.82. The van der Waals surface area contributed by atoms with Gasteiger partial charge in [0, 0.05) is 4.90 Å². The monoisotopic (exact) mass is 223 g/mol. The van der Waals surface area contributed by atoms with Crippen LogP contribution in [-0.4, -0.2) is 18.2 Å². The molecule has 0 atom stereocenters. The number of aliphatic hydroxyl groups excluding tert-OH is 1. The number of carbonyl (C=O) groups excluding carboxylic acids is 1. The maximum absolute atomic E-state index is 11.4. The van der Waals surface area contributed by atoms with E-state index >= 15 is 0 Å². The molecular formula is C10H9NO3S. The number of thiol groups is 1. The summed E-state index contributed by atoms with van der Waals surface area (Å²) in [5.74, 6) is -0.633. The van der Waals surface area contributed by atoms with Crippen molar-refractivity contribution in [2.24, 2.45) is 0 Å². The molecule has 0 aromatic heterocycles. The van der Waals surface area contributed by atoms with Gasteiger partial charge in [-0.05, 0) is 11.6 Å². The van der Waals surface area contributed by atoms with Crippen LogP contribution >= 0.6 is 12.6 Å². The van der Waals surface area contributed by atoms with Gasteiger partial charge in [-0.1, -0.05) is 6.07 Å². The zero-order chi connectivity index (χ0) is 11.4. The van der Waals surface area contributed by atoms with Crippen molar-refractivity contribution in [3.63, 3.8) is 0 Å². The highest BCUT2D eigenvalue weighted by Crippen LogP contribution is 2.23. The number of hydrogen-bond acceptors (Lipinski definition) is 5. The number of nitrogens with zero attached hydrogens (tertiary/aromatic N) is 1. The summed E-state index contributed by atoms with van der Waals surface area (Å²) in [6.45, 7) is -0.242. The van der Waals surface area contributed by atoms with Crippen molar-refractivity contribution >= 4 is 18.6 Å². The highest BCUT2D eigenvalue weighted by atomic mass is 32.1. The topological polar surface area (TPSA) is 70.3 Å². The molecule has 0 unspecified atom stereocenters. The average Bonchev–Trinajstić information content (AvgIpc) is 2.27. The molecule has 15 heavy (non-hydrogen) atoms. The van der Waals surface area contributed by atoms with Crippen molar-refractivity contribution < 1.29 is 14.6 Å². The van der Waals surface area contributed by atoms with E-state index in [1.807, 2.05) is 6.07 Å². The Morgan fingerprint density at radius 1 is 1.67 bits per heavy atom. The van der Waals surface area contributed by atoms with Gasteiger partial charge in [-0.2, -0.15) is 5.26 Å². The molecule has 1 N–H and O–H groups in total. The zero-order valence-electron chi connectivity index (χ0n) is 8.02. The van der Waals surface area contributed by atoms with Crippen molar-refractivity contribution in [3.8, 4) is 6.07 Å². The minimum atomic E-state index is -0.633. The normalized spacial score (nSPS) is 9.47.